The van der Waals surface area contributed by atoms with Crippen LogP contribution in [0.2, 0.25) is 0 Å². The first-order valence-corrected chi connectivity index (χ1v) is 4.77. The molecular weight excluding hydrogens is 192 g/mol. The number of nitrogens with zero attached hydrogens (tertiary/aromatic N) is 1. The topological polar surface area (TPSA) is 23.8 Å². The average molecular weight is 199 g/mol. The first-order chi connectivity index (χ1) is 6.17. The van der Waals surface area contributed by atoms with Crippen LogP contribution in [0.4, 0.5) is 8.78 Å². The van der Waals surface area contributed by atoms with E-state index in [0.29, 0.717) is 4.90 Å². The monoisotopic (exact) mass is 199 g/mol. The highest BCUT2D eigenvalue weighted by atomic mass is 32.2. The molecule has 0 amide bonds. The lowest BCUT2D eigenvalue weighted by Gasteiger charge is -2.02. The number of thioether (sulfide) groups is 1. The summed E-state index contributed by atoms with van der Waals surface area (Å²) >= 11 is 1.35. The maximum atomic E-state index is 12.3. The molecule has 0 aliphatic heterocycles. The van der Waals surface area contributed by atoms with Gasteiger partial charge in [-0.3, -0.25) is 0 Å². The molecule has 0 aliphatic rings. The second kappa shape index (κ2) is 4.24. The molecule has 0 unspecified atom stereocenters. The average Bonchev–Trinajstić information content (AvgIpc) is 2.16. The molecule has 1 rings (SSSR count). The van der Waals surface area contributed by atoms with E-state index in [4.69, 9.17) is 5.26 Å². The summed E-state index contributed by atoms with van der Waals surface area (Å²) in [6.07, 6.45) is -0.731. The fourth-order valence-corrected chi connectivity index (χ4v) is 1.43. The van der Waals surface area contributed by atoms with Gasteiger partial charge in [0.2, 0.25) is 0 Å². The summed E-state index contributed by atoms with van der Waals surface area (Å²) in [5.41, 5.74) is 0.186. The minimum Gasteiger partial charge on any atom is -0.205 e. The molecule has 0 N–H and O–H groups in total. The summed E-state index contributed by atoms with van der Waals surface area (Å²) in [6, 6.07) is 6.06. The maximum Gasteiger partial charge on any atom is 0.263 e. The van der Waals surface area contributed by atoms with Crippen molar-refractivity contribution in [1.29, 1.82) is 5.26 Å². The molecule has 0 atom stereocenters. The lowest BCUT2D eigenvalue weighted by Crippen LogP contribution is -1.87. The Hall–Kier alpha value is -1.08. The van der Waals surface area contributed by atoms with Crippen molar-refractivity contribution in [2.75, 3.05) is 6.26 Å². The predicted octanol–water partition coefficient (Wildman–Crippen LogP) is 3.22. The van der Waals surface area contributed by atoms with Crippen LogP contribution in [0.1, 0.15) is 17.6 Å². The van der Waals surface area contributed by atoms with Crippen molar-refractivity contribution < 1.29 is 8.78 Å². The fraction of sp³-hybridized carbons (Fsp3) is 0.222. The van der Waals surface area contributed by atoms with Crippen molar-refractivity contribution in [1.82, 2.24) is 0 Å². The lowest BCUT2D eigenvalue weighted by atomic mass is 10.1. The molecule has 0 aliphatic carbocycles. The van der Waals surface area contributed by atoms with Gasteiger partial charge in [0.1, 0.15) is 0 Å². The van der Waals surface area contributed by atoms with Crippen molar-refractivity contribution in [3.8, 4) is 6.07 Å². The normalized spacial score (nSPS) is 10.1. The van der Waals surface area contributed by atoms with Crippen molar-refractivity contribution in [2.45, 2.75) is 11.3 Å². The van der Waals surface area contributed by atoms with E-state index in [-0.39, 0.29) is 11.1 Å². The third kappa shape index (κ3) is 2.43. The van der Waals surface area contributed by atoms with E-state index >= 15 is 0 Å². The van der Waals surface area contributed by atoms with Gasteiger partial charge in [-0.15, -0.1) is 11.8 Å². The van der Waals surface area contributed by atoms with Gasteiger partial charge in [-0.1, -0.05) is 0 Å². The van der Waals surface area contributed by atoms with Gasteiger partial charge in [-0.05, 0) is 24.5 Å². The van der Waals surface area contributed by atoms with Gasteiger partial charge in [0.15, 0.2) is 0 Å². The number of rotatable bonds is 2. The Morgan fingerprint density at radius 1 is 1.38 bits per heavy atom. The molecule has 68 valence electrons. The van der Waals surface area contributed by atoms with Crippen molar-refractivity contribution in [3.63, 3.8) is 0 Å². The molecule has 13 heavy (non-hydrogen) atoms. The molecule has 0 bridgehead atoms. The first-order valence-electron chi connectivity index (χ1n) is 3.54. The molecule has 1 aromatic rings. The third-order valence-electron chi connectivity index (χ3n) is 1.55. The van der Waals surface area contributed by atoms with E-state index in [1.807, 2.05) is 6.07 Å². The van der Waals surface area contributed by atoms with Crippen LogP contribution >= 0.6 is 11.8 Å². The first kappa shape index (κ1) is 10.0. The number of halogens is 2. The maximum absolute atomic E-state index is 12.3. The second-order valence-corrected chi connectivity index (χ2v) is 3.29. The highest BCUT2D eigenvalue weighted by Gasteiger charge is 2.09. The fourth-order valence-electron chi connectivity index (χ4n) is 0.930. The van der Waals surface area contributed by atoms with Crippen LogP contribution in [0.15, 0.2) is 23.1 Å². The number of hydrogen-bond donors (Lipinski definition) is 0. The number of hydrogen-bond acceptors (Lipinski definition) is 2. The zero-order chi connectivity index (χ0) is 9.84. The molecule has 0 spiro atoms. The third-order valence-corrected chi connectivity index (χ3v) is 2.25. The second-order valence-electron chi connectivity index (χ2n) is 2.41. The Kier molecular flexibility index (Phi) is 3.26. The van der Waals surface area contributed by atoms with Gasteiger partial charge in [0.25, 0.3) is 6.43 Å². The van der Waals surface area contributed by atoms with Crippen LogP contribution in [-0.2, 0) is 0 Å². The highest BCUT2D eigenvalue weighted by Crippen LogP contribution is 2.25. The Labute approximate surface area is 79.4 Å². The minimum absolute atomic E-state index is 0.0941. The van der Waals surface area contributed by atoms with Crippen LogP contribution < -0.4 is 0 Å². The largest absolute Gasteiger partial charge is 0.263 e. The molecule has 0 radical (unpaired) electrons. The van der Waals surface area contributed by atoms with E-state index in [1.54, 1.807) is 12.3 Å². The molecule has 0 heterocycles. The molecule has 0 saturated carbocycles. The molecule has 0 aromatic heterocycles. The van der Waals surface area contributed by atoms with Crippen LogP contribution in [0, 0.1) is 11.3 Å². The van der Waals surface area contributed by atoms with Crippen LogP contribution in [-0.4, -0.2) is 6.26 Å². The zero-order valence-corrected chi connectivity index (χ0v) is 7.74. The van der Waals surface area contributed by atoms with E-state index in [0.717, 1.165) is 0 Å². The summed E-state index contributed by atoms with van der Waals surface area (Å²) in [5, 5.41) is 8.56. The van der Waals surface area contributed by atoms with E-state index in [9.17, 15) is 8.78 Å². The Bertz CT molecular complexity index is 344. The highest BCUT2D eigenvalue weighted by molar-refractivity contribution is 7.98. The summed E-state index contributed by atoms with van der Waals surface area (Å²) in [6.45, 7) is 0. The Morgan fingerprint density at radius 2 is 2.08 bits per heavy atom. The van der Waals surface area contributed by atoms with E-state index < -0.39 is 6.43 Å². The molecule has 0 saturated heterocycles. The molecular formula is C9H7F2NS. The predicted molar refractivity (Wildman–Crippen MR) is 47.9 cm³/mol. The van der Waals surface area contributed by atoms with E-state index in [2.05, 4.69) is 0 Å². The summed E-state index contributed by atoms with van der Waals surface area (Å²) < 4.78 is 24.6. The standard InChI is InChI=1S/C9H7F2NS/c1-13-8-3-6(5-12)2-7(4-8)9(10)11/h2-4,9H,1H3. The van der Waals surface area contributed by atoms with Crippen LogP contribution in [0.3, 0.4) is 0 Å². The number of benzene rings is 1. The van der Waals surface area contributed by atoms with E-state index in [1.165, 1.54) is 23.9 Å². The van der Waals surface area contributed by atoms with Gasteiger partial charge in [-0.2, -0.15) is 5.26 Å². The van der Waals surface area contributed by atoms with Gasteiger partial charge >= 0.3 is 0 Å². The van der Waals surface area contributed by atoms with Gasteiger partial charge < -0.3 is 0 Å². The molecule has 4 heteroatoms. The molecule has 0 fully saturated rings. The number of alkyl halides is 2. The van der Waals surface area contributed by atoms with Crippen LogP contribution in [0.5, 0.6) is 0 Å². The number of nitriles is 1. The Morgan fingerprint density at radius 3 is 2.54 bits per heavy atom. The SMILES string of the molecule is CSc1cc(C#N)cc(C(F)F)c1. The summed E-state index contributed by atoms with van der Waals surface area (Å²) in [7, 11) is 0. The van der Waals surface area contributed by atoms with Gasteiger partial charge in [0, 0.05) is 10.5 Å². The quantitative estimate of drug-likeness (QED) is 0.683. The lowest BCUT2D eigenvalue weighted by molar-refractivity contribution is 0.151. The van der Waals surface area contributed by atoms with Crippen molar-refractivity contribution >= 4 is 11.8 Å². The van der Waals surface area contributed by atoms with Crippen molar-refractivity contribution in [3.05, 3.63) is 29.3 Å². The van der Waals surface area contributed by atoms with Gasteiger partial charge in [0.05, 0.1) is 11.6 Å². The minimum atomic E-state index is -2.51. The zero-order valence-electron chi connectivity index (χ0n) is 6.92. The van der Waals surface area contributed by atoms with Gasteiger partial charge in [-0.25, -0.2) is 8.78 Å². The molecule has 1 nitrogen and oxygen atoms in total. The Balaban J connectivity index is 3.17. The van der Waals surface area contributed by atoms with Crippen LogP contribution in [0.25, 0.3) is 0 Å². The van der Waals surface area contributed by atoms with Crippen molar-refractivity contribution in [2.24, 2.45) is 0 Å². The molecule has 1 aromatic carbocycles. The summed E-state index contributed by atoms with van der Waals surface area (Å²) in [4.78, 5) is 0.689. The summed E-state index contributed by atoms with van der Waals surface area (Å²) in [5.74, 6) is 0. The smallest absolute Gasteiger partial charge is 0.205 e.